The number of aryl methyl sites for hydroxylation is 1. The van der Waals surface area contributed by atoms with Crippen molar-refractivity contribution in [2.24, 2.45) is 0 Å². The topological polar surface area (TPSA) is 60.7 Å². The highest BCUT2D eigenvalue weighted by Gasteiger charge is 2.14. The largest absolute Gasteiger partial charge is 0.268 e. The van der Waals surface area contributed by atoms with Gasteiger partial charge in [-0.25, -0.2) is 19.5 Å². The highest BCUT2D eigenvalue weighted by Crippen LogP contribution is 2.24. The molecule has 0 fully saturated rings. The molecule has 7 heteroatoms. The van der Waals surface area contributed by atoms with Crippen LogP contribution in [0, 0.1) is 6.92 Å². The van der Waals surface area contributed by atoms with Crippen LogP contribution in [0.4, 0.5) is 0 Å². The maximum Gasteiger partial charge on any atom is 0.267 e. The number of aromatic nitrogens is 4. The molecule has 0 aliphatic carbocycles. The summed E-state index contributed by atoms with van der Waals surface area (Å²) in [5.41, 5.74) is 2.57. The molecule has 0 saturated carbocycles. The van der Waals surface area contributed by atoms with Crippen LogP contribution in [0.3, 0.4) is 0 Å². The van der Waals surface area contributed by atoms with E-state index in [4.69, 9.17) is 16.6 Å². The molecule has 0 spiro atoms. The van der Waals surface area contributed by atoms with Gasteiger partial charge in [0.1, 0.15) is 11.0 Å². The number of halogens is 1. The smallest absolute Gasteiger partial charge is 0.267 e. The van der Waals surface area contributed by atoms with Gasteiger partial charge in [0.05, 0.1) is 10.9 Å². The van der Waals surface area contributed by atoms with Crippen LogP contribution in [0.1, 0.15) is 11.1 Å². The van der Waals surface area contributed by atoms with Gasteiger partial charge in [0.2, 0.25) is 0 Å². The molecule has 1 aromatic carbocycles. The standard InChI is InChI=1S/C20H15ClN4OS/c1-13-6-7-18(23-11-13)25-19(26)15-4-2-3-5-16(15)24-20(25)27-12-14-8-9-22-17(21)10-14/h2-11H,12H2,1H3. The number of rotatable bonds is 4. The second kappa shape index (κ2) is 7.50. The van der Waals surface area contributed by atoms with Crippen LogP contribution in [0.2, 0.25) is 5.15 Å². The molecule has 5 nitrogen and oxygen atoms in total. The Kier molecular flexibility index (Phi) is 4.92. The van der Waals surface area contributed by atoms with Crippen molar-refractivity contribution in [2.45, 2.75) is 17.8 Å². The fraction of sp³-hybridized carbons (Fsp3) is 0.100. The van der Waals surface area contributed by atoms with Gasteiger partial charge < -0.3 is 0 Å². The highest BCUT2D eigenvalue weighted by atomic mass is 35.5. The van der Waals surface area contributed by atoms with Crippen LogP contribution in [0.15, 0.2) is 70.9 Å². The molecule has 3 aromatic heterocycles. The van der Waals surface area contributed by atoms with E-state index in [1.165, 1.54) is 11.8 Å². The zero-order valence-electron chi connectivity index (χ0n) is 14.5. The Morgan fingerprint density at radius 1 is 1.11 bits per heavy atom. The normalized spacial score (nSPS) is 11.0. The molecule has 0 atom stereocenters. The predicted molar refractivity (Wildman–Crippen MR) is 109 cm³/mol. The number of pyridine rings is 2. The van der Waals surface area contributed by atoms with E-state index in [1.54, 1.807) is 23.0 Å². The Balaban J connectivity index is 1.83. The van der Waals surface area contributed by atoms with Crippen LogP contribution < -0.4 is 5.56 Å². The van der Waals surface area contributed by atoms with Gasteiger partial charge in [-0.2, -0.15) is 0 Å². The first-order valence-electron chi connectivity index (χ1n) is 8.30. The van der Waals surface area contributed by atoms with Crippen molar-refractivity contribution in [3.8, 4) is 5.82 Å². The number of fused-ring (bicyclic) bond motifs is 1. The lowest BCUT2D eigenvalue weighted by atomic mass is 10.2. The Labute approximate surface area is 165 Å². The minimum absolute atomic E-state index is 0.132. The third-order valence-corrected chi connectivity index (χ3v) is 5.25. The van der Waals surface area contributed by atoms with E-state index in [0.717, 1.165) is 11.1 Å². The van der Waals surface area contributed by atoms with Crippen LogP contribution in [-0.4, -0.2) is 19.5 Å². The summed E-state index contributed by atoms with van der Waals surface area (Å²) in [4.78, 5) is 26.3. The van der Waals surface area contributed by atoms with Crippen molar-refractivity contribution < 1.29 is 0 Å². The minimum Gasteiger partial charge on any atom is -0.268 e. The molecule has 0 aliphatic heterocycles. The molecule has 3 heterocycles. The van der Waals surface area contributed by atoms with Crippen LogP contribution in [0.5, 0.6) is 0 Å². The van der Waals surface area contributed by atoms with Crippen molar-refractivity contribution in [1.82, 2.24) is 19.5 Å². The second-order valence-electron chi connectivity index (χ2n) is 6.02. The molecule has 0 radical (unpaired) electrons. The predicted octanol–water partition coefficient (Wildman–Crippen LogP) is 4.43. The summed E-state index contributed by atoms with van der Waals surface area (Å²) < 4.78 is 1.56. The van der Waals surface area contributed by atoms with Crippen molar-refractivity contribution in [2.75, 3.05) is 0 Å². The first-order chi connectivity index (χ1) is 13.1. The summed E-state index contributed by atoms with van der Waals surface area (Å²) in [7, 11) is 0. The first-order valence-corrected chi connectivity index (χ1v) is 9.66. The monoisotopic (exact) mass is 394 g/mol. The Bertz CT molecular complexity index is 1170. The fourth-order valence-electron chi connectivity index (χ4n) is 2.68. The second-order valence-corrected chi connectivity index (χ2v) is 7.35. The highest BCUT2D eigenvalue weighted by molar-refractivity contribution is 7.98. The van der Waals surface area contributed by atoms with Gasteiger partial charge in [0.25, 0.3) is 5.56 Å². The molecule has 27 heavy (non-hydrogen) atoms. The Hall–Kier alpha value is -2.70. The summed E-state index contributed by atoms with van der Waals surface area (Å²) in [5, 5.41) is 1.59. The Morgan fingerprint density at radius 3 is 2.74 bits per heavy atom. The number of thioether (sulfide) groups is 1. The zero-order valence-corrected chi connectivity index (χ0v) is 16.0. The maximum atomic E-state index is 13.1. The van der Waals surface area contributed by atoms with E-state index in [1.807, 2.05) is 49.4 Å². The molecule has 4 rings (SSSR count). The molecule has 0 saturated heterocycles. The van der Waals surface area contributed by atoms with E-state index < -0.39 is 0 Å². The van der Waals surface area contributed by atoms with Crippen LogP contribution in [0.25, 0.3) is 16.7 Å². The zero-order chi connectivity index (χ0) is 18.8. The minimum atomic E-state index is -0.132. The molecular formula is C20H15ClN4OS. The lowest BCUT2D eigenvalue weighted by molar-refractivity contribution is 0.794. The van der Waals surface area contributed by atoms with Crippen molar-refractivity contribution >= 4 is 34.3 Å². The molecule has 0 bridgehead atoms. The van der Waals surface area contributed by atoms with Crippen LogP contribution in [-0.2, 0) is 5.75 Å². The van der Waals surface area contributed by atoms with E-state index in [0.29, 0.717) is 32.8 Å². The number of para-hydroxylation sites is 1. The molecule has 0 amide bonds. The summed E-state index contributed by atoms with van der Waals surface area (Å²) in [6, 6.07) is 14.8. The molecule has 0 N–H and O–H groups in total. The first kappa shape index (κ1) is 17.7. The lowest BCUT2D eigenvalue weighted by Crippen LogP contribution is -2.22. The van der Waals surface area contributed by atoms with E-state index >= 15 is 0 Å². The van der Waals surface area contributed by atoms with E-state index in [-0.39, 0.29) is 5.56 Å². The number of hydrogen-bond acceptors (Lipinski definition) is 5. The SMILES string of the molecule is Cc1ccc(-n2c(SCc3ccnc(Cl)c3)nc3ccccc3c2=O)nc1. The third-order valence-electron chi connectivity index (χ3n) is 4.03. The van der Waals surface area contributed by atoms with Crippen molar-refractivity contribution in [3.05, 3.63) is 87.6 Å². The molecular weight excluding hydrogens is 380 g/mol. The van der Waals surface area contributed by atoms with Crippen LogP contribution >= 0.6 is 23.4 Å². The van der Waals surface area contributed by atoms with Gasteiger partial charge in [-0.15, -0.1) is 0 Å². The lowest BCUT2D eigenvalue weighted by Gasteiger charge is -2.12. The third kappa shape index (κ3) is 3.72. The van der Waals surface area contributed by atoms with Gasteiger partial charge in [-0.05, 0) is 48.4 Å². The van der Waals surface area contributed by atoms with Gasteiger partial charge in [-0.1, -0.05) is 41.6 Å². The van der Waals surface area contributed by atoms with Gasteiger partial charge in [0.15, 0.2) is 5.16 Å². The van der Waals surface area contributed by atoms with E-state index in [2.05, 4.69) is 9.97 Å². The summed E-state index contributed by atoms with van der Waals surface area (Å²) >= 11 is 7.43. The van der Waals surface area contributed by atoms with Gasteiger partial charge in [-0.3, -0.25) is 4.79 Å². The number of benzene rings is 1. The summed E-state index contributed by atoms with van der Waals surface area (Å²) in [6.07, 6.45) is 3.41. The maximum absolute atomic E-state index is 13.1. The molecule has 4 aromatic rings. The van der Waals surface area contributed by atoms with E-state index in [9.17, 15) is 4.79 Å². The van der Waals surface area contributed by atoms with Crippen molar-refractivity contribution in [3.63, 3.8) is 0 Å². The quantitative estimate of drug-likeness (QED) is 0.291. The fourth-order valence-corrected chi connectivity index (χ4v) is 3.82. The average Bonchev–Trinajstić information content (AvgIpc) is 2.68. The molecule has 0 unspecified atom stereocenters. The van der Waals surface area contributed by atoms with Crippen molar-refractivity contribution in [1.29, 1.82) is 0 Å². The molecule has 0 aliphatic rings. The van der Waals surface area contributed by atoms with Gasteiger partial charge in [0, 0.05) is 18.1 Å². The summed E-state index contributed by atoms with van der Waals surface area (Å²) in [6.45, 7) is 1.96. The van der Waals surface area contributed by atoms with Gasteiger partial charge >= 0.3 is 0 Å². The number of hydrogen-bond donors (Lipinski definition) is 0. The molecule has 134 valence electrons. The average molecular weight is 395 g/mol. The Morgan fingerprint density at radius 2 is 1.96 bits per heavy atom. The summed E-state index contributed by atoms with van der Waals surface area (Å²) in [5.74, 6) is 1.16. The number of nitrogens with zero attached hydrogens (tertiary/aromatic N) is 4.